The van der Waals surface area contributed by atoms with Crippen molar-refractivity contribution in [2.45, 2.75) is 19.9 Å². The molecule has 5 heteroatoms. The first-order valence-electron chi connectivity index (χ1n) is 7.17. The molecule has 21 heavy (non-hydrogen) atoms. The van der Waals surface area contributed by atoms with Gasteiger partial charge in [0.15, 0.2) is 0 Å². The van der Waals surface area contributed by atoms with Crippen LogP contribution in [0.15, 0.2) is 30.3 Å². The Hall–Kier alpha value is -1.72. The number of hydrogen-bond donors (Lipinski definition) is 1. The van der Waals surface area contributed by atoms with E-state index in [1.54, 1.807) is 11.3 Å². The second kappa shape index (κ2) is 5.95. The summed E-state index contributed by atoms with van der Waals surface area (Å²) in [5, 5.41) is 4.43. The largest absolute Gasteiger partial charge is 0.334 e. The summed E-state index contributed by atoms with van der Waals surface area (Å²) in [5.74, 6) is 0.0549. The summed E-state index contributed by atoms with van der Waals surface area (Å²) < 4.78 is 0. The van der Waals surface area contributed by atoms with Crippen LogP contribution in [0.1, 0.15) is 32.0 Å². The van der Waals surface area contributed by atoms with Crippen LogP contribution in [-0.2, 0) is 0 Å². The fourth-order valence-corrected chi connectivity index (χ4v) is 3.53. The van der Waals surface area contributed by atoms with E-state index in [0.717, 1.165) is 23.0 Å². The third-order valence-corrected chi connectivity index (χ3v) is 4.66. The van der Waals surface area contributed by atoms with Crippen LogP contribution in [0.5, 0.6) is 0 Å². The first kappa shape index (κ1) is 14.2. The maximum Gasteiger partial charge on any atom is 0.273 e. The molecule has 1 N–H and O–H groups in total. The number of aryl methyl sites for hydroxylation is 2. The van der Waals surface area contributed by atoms with Crippen LogP contribution in [-0.4, -0.2) is 35.4 Å². The lowest BCUT2D eigenvalue weighted by Crippen LogP contribution is -2.48. The zero-order chi connectivity index (χ0) is 14.8. The Bertz CT molecular complexity index is 638. The van der Waals surface area contributed by atoms with Crippen LogP contribution >= 0.6 is 11.3 Å². The molecule has 2 aromatic rings. The van der Waals surface area contributed by atoms with Gasteiger partial charge in [0.25, 0.3) is 5.91 Å². The standard InChI is InChI=1S/C16H19N3OS/c1-11-15(18-12(2)21-11)16(20)19-9-8-17-14(10-19)13-6-4-3-5-7-13/h3-7,14,17H,8-10H2,1-2H3. The lowest BCUT2D eigenvalue weighted by molar-refractivity contribution is 0.0697. The number of hydrogen-bond acceptors (Lipinski definition) is 4. The van der Waals surface area contributed by atoms with Crippen molar-refractivity contribution >= 4 is 17.2 Å². The number of carbonyl (C=O) groups excluding carboxylic acids is 1. The summed E-state index contributed by atoms with van der Waals surface area (Å²) in [7, 11) is 0. The molecule has 4 nitrogen and oxygen atoms in total. The van der Waals surface area contributed by atoms with E-state index in [4.69, 9.17) is 0 Å². The Labute approximate surface area is 128 Å². The first-order chi connectivity index (χ1) is 10.1. The molecular weight excluding hydrogens is 282 g/mol. The Morgan fingerprint density at radius 3 is 2.76 bits per heavy atom. The van der Waals surface area contributed by atoms with E-state index >= 15 is 0 Å². The van der Waals surface area contributed by atoms with Crippen molar-refractivity contribution in [1.82, 2.24) is 15.2 Å². The summed E-state index contributed by atoms with van der Waals surface area (Å²) in [5.41, 5.74) is 1.84. The van der Waals surface area contributed by atoms with Crippen LogP contribution in [0.2, 0.25) is 0 Å². The van der Waals surface area contributed by atoms with E-state index in [2.05, 4.69) is 22.4 Å². The molecule has 2 heterocycles. The van der Waals surface area contributed by atoms with Gasteiger partial charge in [-0.05, 0) is 19.4 Å². The van der Waals surface area contributed by atoms with Gasteiger partial charge >= 0.3 is 0 Å². The van der Waals surface area contributed by atoms with Crippen molar-refractivity contribution < 1.29 is 4.79 Å². The van der Waals surface area contributed by atoms with Gasteiger partial charge in [0.1, 0.15) is 5.69 Å². The van der Waals surface area contributed by atoms with Gasteiger partial charge in [-0.1, -0.05) is 30.3 Å². The van der Waals surface area contributed by atoms with Gasteiger partial charge in [-0.25, -0.2) is 4.98 Å². The molecule has 1 aromatic heterocycles. The Balaban J connectivity index is 1.77. The van der Waals surface area contributed by atoms with Gasteiger partial charge in [0.05, 0.1) is 5.01 Å². The zero-order valence-electron chi connectivity index (χ0n) is 12.3. The molecule has 0 bridgehead atoms. The number of rotatable bonds is 2. The van der Waals surface area contributed by atoms with Crippen LogP contribution in [0.4, 0.5) is 0 Å². The highest BCUT2D eigenvalue weighted by atomic mass is 32.1. The summed E-state index contributed by atoms with van der Waals surface area (Å²) in [4.78, 5) is 20.0. The molecule has 1 aliphatic heterocycles. The Kier molecular flexibility index (Phi) is 4.03. The molecule has 0 saturated carbocycles. The number of nitrogens with one attached hydrogen (secondary N) is 1. The number of amides is 1. The van der Waals surface area contributed by atoms with Crippen molar-refractivity contribution in [2.75, 3.05) is 19.6 Å². The van der Waals surface area contributed by atoms with E-state index in [1.165, 1.54) is 5.56 Å². The summed E-state index contributed by atoms with van der Waals surface area (Å²) >= 11 is 1.58. The molecule has 1 amide bonds. The van der Waals surface area contributed by atoms with E-state index in [0.29, 0.717) is 12.2 Å². The highest BCUT2D eigenvalue weighted by Crippen LogP contribution is 2.22. The Morgan fingerprint density at radius 2 is 2.10 bits per heavy atom. The predicted molar refractivity (Wildman–Crippen MR) is 84.7 cm³/mol. The predicted octanol–water partition coefficient (Wildman–Crippen LogP) is 2.55. The van der Waals surface area contributed by atoms with E-state index in [1.807, 2.05) is 36.9 Å². The number of aromatic nitrogens is 1. The first-order valence-corrected chi connectivity index (χ1v) is 7.98. The molecule has 1 unspecified atom stereocenters. The van der Waals surface area contributed by atoms with Crippen molar-refractivity contribution in [2.24, 2.45) is 0 Å². The van der Waals surface area contributed by atoms with E-state index in [9.17, 15) is 4.79 Å². The lowest BCUT2D eigenvalue weighted by atomic mass is 10.0. The number of nitrogens with zero attached hydrogens (tertiary/aromatic N) is 2. The second-order valence-electron chi connectivity index (χ2n) is 5.31. The van der Waals surface area contributed by atoms with Crippen molar-refractivity contribution in [1.29, 1.82) is 0 Å². The molecule has 1 aromatic carbocycles. The molecule has 1 saturated heterocycles. The molecule has 1 aliphatic rings. The molecule has 110 valence electrons. The van der Waals surface area contributed by atoms with E-state index < -0.39 is 0 Å². The van der Waals surface area contributed by atoms with Crippen molar-refractivity contribution in [3.63, 3.8) is 0 Å². The maximum absolute atomic E-state index is 12.7. The SMILES string of the molecule is Cc1nc(C(=O)N2CCNC(c3ccccc3)C2)c(C)s1. The van der Waals surface area contributed by atoms with Gasteiger partial charge in [-0.15, -0.1) is 11.3 Å². The molecule has 0 spiro atoms. The zero-order valence-corrected chi connectivity index (χ0v) is 13.1. The third-order valence-electron chi connectivity index (χ3n) is 3.77. The second-order valence-corrected chi connectivity index (χ2v) is 6.71. The minimum Gasteiger partial charge on any atom is -0.334 e. The maximum atomic E-state index is 12.7. The normalized spacial score (nSPS) is 18.8. The smallest absolute Gasteiger partial charge is 0.273 e. The van der Waals surface area contributed by atoms with Gasteiger partial charge in [-0.2, -0.15) is 0 Å². The average Bonchev–Trinajstić information content (AvgIpc) is 2.86. The lowest BCUT2D eigenvalue weighted by Gasteiger charge is -2.33. The quantitative estimate of drug-likeness (QED) is 0.927. The van der Waals surface area contributed by atoms with Crippen molar-refractivity contribution in [3.05, 3.63) is 51.5 Å². The minimum atomic E-state index is 0.0549. The number of thiazole rings is 1. The number of carbonyl (C=O) groups is 1. The summed E-state index contributed by atoms with van der Waals surface area (Å²) in [6.07, 6.45) is 0. The van der Waals surface area contributed by atoms with Crippen molar-refractivity contribution in [3.8, 4) is 0 Å². The van der Waals surface area contributed by atoms with E-state index in [-0.39, 0.29) is 11.9 Å². The van der Waals surface area contributed by atoms with Gasteiger partial charge in [0, 0.05) is 30.6 Å². The molecule has 1 atom stereocenters. The molecule has 3 rings (SSSR count). The third kappa shape index (κ3) is 2.99. The van der Waals surface area contributed by atoms with Gasteiger partial charge < -0.3 is 10.2 Å². The van der Waals surface area contributed by atoms with Crippen LogP contribution in [0.25, 0.3) is 0 Å². The summed E-state index contributed by atoms with van der Waals surface area (Å²) in [6.45, 7) is 6.15. The van der Waals surface area contributed by atoms with Crippen LogP contribution < -0.4 is 5.32 Å². The monoisotopic (exact) mass is 301 g/mol. The van der Waals surface area contributed by atoms with Crippen LogP contribution in [0.3, 0.4) is 0 Å². The highest BCUT2D eigenvalue weighted by Gasteiger charge is 2.27. The molecule has 0 radical (unpaired) electrons. The van der Waals surface area contributed by atoms with Crippen LogP contribution in [0, 0.1) is 13.8 Å². The number of piperazine rings is 1. The Morgan fingerprint density at radius 1 is 1.33 bits per heavy atom. The minimum absolute atomic E-state index is 0.0549. The highest BCUT2D eigenvalue weighted by molar-refractivity contribution is 7.11. The molecule has 0 aliphatic carbocycles. The topological polar surface area (TPSA) is 45.2 Å². The average molecular weight is 301 g/mol. The molecular formula is C16H19N3OS. The van der Waals surface area contributed by atoms with Gasteiger partial charge in [-0.3, -0.25) is 4.79 Å². The fourth-order valence-electron chi connectivity index (χ4n) is 2.72. The fraction of sp³-hybridized carbons (Fsp3) is 0.375. The number of benzene rings is 1. The van der Waals surface area contributed by atoms with Gasteiger partial charge in [0.2, 0.25) is 0 Å². The summed E-state index contributed by atoms with van der Waals surface area (Å²) in [6, 6.07) is 10.5. The molecule has 1 fully saturated rings.